The molecule has 128 valence electrons. The third-order valence-electron chi connectivity index (χ3n) is 3.51. The van der Waals surface area contributed by atoms with Crippen molar-refractivity contribution in [3.05, 3.63) is 10.6 Å². The standard InChI is InChI=1S/C13H18N2O7S/c1-6(16)8-3-15-10(12(18)22-5-21-7(2)17)9(23-11(8)15)4-20-13(14)19/h6,8,11,16H,3-5H2,1-2H3,(H2,14,19). The van der Waals surface area contributed by atoms with Gasteiger partial charge in [-0.25, -0.2) is 9.59 Å². The Labute approximate surface area is 136 Å². The first-order valence-corrected chi connectivity index (χ1v) is 7.76. The molecule has 2 rings (SSSR count). The molecule has 0 saturated carbocycles. The number of fused-ring (bicyclic) bond motifs is 1. The number of esters is 2. The number of amides is 1. The zero-order chi connectivity index (χ0) is 17.1. The van der Waals surface area contributed by atoms with E-state index in [-0.39, 0.29) is 23.6 Å². The maximum absolute atomic E-state index is 12.2. The largest absolute Gasteiger partial charge is 0.444 e. The molecular weight excluding hydrogens is 328 g/mol. The van der Waals surface area contributed by atoms with Gasteiger partial charge in [-0.2, -0.15) is 0 Å². The van der Waals surface area contributed by atoms with Crippen LogP contribution in [0.3, 0.4) is 0 Å². The summed E-state index contributed by atoms with van der Waals surface area (Å²) in [6.07, 6.45) is -1.48. The van der Waals surface area contributed by atoms with Crippen LogP contribution >= 0.6 is 11.8 Å². The minimum atomic E-state index is -0.952. The molecule has 0 aromatic carbocycles. The first-order chi connectivity index (χ1) is 10.8. The van der Waals surface area contributed by atoms with Crippen molar-refractivity contribution in [2.75, 3.05) is 19.9 Å². The summed E-state index contributed by atoms with van der Waals surface area (Å²) in [4.78, 5) is 35.9. The monoisotopic (exact) mass is 346 g/mol. The lowest BCUT2D eigenvalue weighted by atomic mass is 9.93. The van der Waals surface area contributed by atoms with Gasteiger partial charge in [-0.1, -0.05) is 11.8 Å². The second-order valence-corrected chi connectivity index (χ2v) is 6.34. The van der Waals surface area contributed by atoms with E-state index < -0.39 is 30.9 Å². The molecule has 23 heavy (non-hydrogen) atoms. The fraction of sp³-hybridized carbons (Fsp3) is 0.615. The molecule has 10 heteroatoms. The summed E-state index contributed by atoms with van der Waals surface area (Å²) in [7, 11) is 0. The third-order valence-corrected chi connectivity index (χ3v) is 4.95. The molecule has 2 aliphatic rings. The Balaban J connectivity index is 2.06. The number of carbonyl (C=O) groups is 3. The maximum atomic E-state index is 12.2. The summed E-state index contributed by atoms with van der Waals surface area (Å²) < 4.78 is 14.2. The summed E-state index contributed by atoms with van der Waals surface area (Å²) in [5.41, 5.74) is 5.19. The molecule has 3 N–H and O–H groups in total. The third kappa shape index (κ3) is 3.88. The molecule has 0 aromatic heterocycles. The fourth-order valence-electron chi connectivity index (χ4n) is 2.34. The second-order valence-electron chi connectivity index (χ2n) is 5.13. The molecule has 2 aliphatic heterocycles. The minimum absolute atomic E-state index is 0.0117. The molecule has 0 radical (unpaired) electrons. The number of primary amides is 1. The van der Waals surface area contributed by atoms with Gasteiger partial charge >= 0.3 is 18.0 Å². The van der Waals surface area contributed by atoms with E-state index in [9.17, 15) is 19.5 Å². The number of aliphatic hydroxyl groups excluding tert-OH is 1. The highest BCUT2D eigenvalue weighted by molar-refractivity contribution is 8.04. The Morgan fingerprint density at radius 3 is 2.65 bits per heavy atom. The van der Waals surface area contributed by atoms with Crippen molar-refractivity contribution in [1.82, 2.24) is 4.90 Å². The van der Waals surface area contributed by atoms with Crippen LogP contribution in [0.25, 0.3) is 0 Å². The molecule has 3 unspecified atom stereocenters. The van der Waals surface area contributed by atoms with Gasteiger partial charge in [-0.15, -0.1) is 0 Å². The molecule has 9 nitrogen and oxygen atoms in total. The first-order valence-electron chi connectivity index (χ1n) is 6.88. The van der Waals surface area contributed by atoms with Gasteiger partial charge in [0.05, 0.1) is 16.4 Å². The van der Waals surface area contributed by atoms with Crippen LogP contribution in [-0.2, 0) is 23.8 Å². The summed E-state index contributed by atoms with van der Waals surface area (Å²) in [6.45, 7) is 2.71. The Morgan fingerprint density at radius 2 is 2.09 bits per heavy atom. The van der Waals surface area contributed by atoms with Crippen molar-refractivity contribution in [3.63, 3.8) is 0 Å². The van der Waals surface area contributed by atoms with Gasteiger partial charge in [-0.3, -0.25) is 4.79 Å². The van der Waals surface area contributed by atoms with Gasteiger partial charge in [0.15, 0.2) is 0 Å². The molecule has 3 atom stereocenters. The average Bonchev–Trinajstić information content (AvgIpc) is 2.68. The van der Waals surface area contributed by atoms with Gasteiger partial charge in [0, 0.05) is 19.4 Å². The molecule has 1 saturated heterocycles. The van der Waals surface area contributed by atoms with E-state index in [0.717, 1.165) is 0 Å². The van der Waals surface area contributed by atoms with E-state index in [1.165, 1.54) is 18.7 Å². The van der Waals surface area contributed by atoms with E-state index in [1.807, 2.05) is 0 Å². The van der Waals surface area contributed by atoms with Gasteiger partial charge in [-0.05, 0) is 6.92 Å². The predicted molar refractivity (Wildman–Crippen MR) is 78.5 cm³/mol. The second kappa shape index (κ2) is 7.09. The summed E-state index contributed by atoms with van der Waals surface area (Å²) >= 11 is 1.32. The molecule has 0 bridgehead atoms. The van der Waals surface area contributed by atoms with Crippen LogP contribution < -0.4 is 5.73 Å². The van der Waals surface area contributed by atoms with Crippen molar-refractivity contribution in [1.29, 1.82) is 0 Å². The molecule has 1 amide bonds. The summed E-state index contributed by atoms with van der Waals surface area (Å²) in [6, 6.07) is 0. The normalized spacial score (nSPS) is 23.7. The van der Waals surface area contributed by atoms with Crippen LogP contribution in [0.1, 0.15) is 13.8 Å². The molecule has 0 aliphatic carbocycles. The van der Waals surface area contributed by atoms with Gasteiger partial charge in [0.2, 0.25) is 6.79 Å². The molecule has 0 spiro atoms. The lowest BCUT2D eigenvalue weighted by Gasteiger charge is -2.46. The lowest BCUT2D eigenvalue weighted by Crippen LogP contribution is -2.56. The number of thioether (sulfide) groups is 1. The number of hydrogen-bond donors (Lipinski definition) is 2. The number of carbonyl (C=O) groups excluding carboxylic acids is 3. The Kier molecular flexibility index (Phi) is 5.37. The maximum Gasteiger partial charge on any atom is 0.404 e. The molecule has 0 aromatic rings. The van der Waals surface area contributed by atoms with Gasteiger partial charge in [0.25, 0.3) is 0 Å². The van der Waals surface area contributed by atoms with E-state index in [4.69, 9.17) is 15.2 Å². The summed E-state index contributed by atoms with van der Waals surface area (Å²) in [5, 5.41) is 9.59. The molecule has 2 heterocycles. The smallest absolute Gasteiger partial charge is 0.404 e. The first kappa shape index (κ1) is 17.4. The summed E-state index contributed by atoms with van der Waals surface area (Å²) in [5.74, 6) is -1.27. The van der Waals surface area contributed by atoms with Crippen molar-refractivity contribution in [3.8, 4) is 0 Å². The number of hydrogen-bond acceptors (Lipinski definition) is 9. The van der Waals surface area contributed by atoms with Crippen LogP contribution in [0.4, 0.5) is 4.79 Å². The average molecular weight is 346 g/mol. The number of nitrogens with two attached hydrogens (primary N) is 1. The minimum Gasteiger partial charge on any atom is -0.444 e. The highest BCUT2D eigenvalue weighted by Gasteiger charge is 2.51. The van der Waals surface area contributed by atoms with Crippen molar-refractivity contribution >= 4 is 29.8 Å². The van der Waals surface area contributed by atoms with Crippen LogP contribution in [0, 0.1) is 5.92 Å². The fourth-order valence-corrected chi connectivity index (χ4v) is 3.88. The lowest BCUT2D eigenvalue weighted by molar-refractivity contribution is -0.164. The Bertz CT molecular complexity index is 548. The van der Waals surface area contributed by atoms with E-state index >= 15 is 0 Å². The van der Waals surface area contributed by atoms with Crippen LogP contribution in [-0.4, -0.2) is 59.5 Å². The number of ether oxygens (including phenoxy) is 3. The van der Waals surface area contributed by atoms with E-state index in [0.29, 0.717) is 11.4 Å². The van der Waals surface area contributed by atoms with Crippen LogP contribution in [0.15, 0.2) is 10.6 Å². The highest BCUT2D eigenvalue weighted by Crippen LogP contribution is 2.49. The number of rotatable bonds is 6. The number of nitrogens with zero attached hydrogens (tertiary/aromatic N) is 1. The SMILES string of the molecule is CC(=O)OCOC(=O)C1=C(COC(N)=O)SC2C(C(C)O)CN12. The van der Waals surface area contributed by atoms with Gasteiger partial charge < -0.3 is 30.0 Å². The zero-order valence-electron chi connectivity index (χ0n) is 12.7. The number of aliphatic hydroxyl groups is 1. The highest BCUT2D eigenvalue weighted by atomic mass is 32.2. The van der Waals surface area contributed by atoms with Crippen LogP contribution in [0.5, 0.6) is 0 Å². The van der Waals surface area contributed by atoms with E-state index in [2.05, 4.69) is 4.74 Å². The molecular formula is C13H18N2O7S. The molecule has 1 fully saturated rings. The quantitative estimate of drug-likeness (QED) is 0.494. The zero-order valence-corrected chi connectivity index (χ0v) is 13.5. The topological polar surface area (TPSA) is 128 Å². The Morgan fingerprint density at radius 1 is 1.39 bits per heavy atom. The van der Waals surface area contributed by atoms with Crippen molar-refractivity contribution < 1.29 is 33.7 Å². The van der Waals surface area contributed by atoms with Gasteiger partial charge in [0.1, 0.15) is 12.3 Å². The Hall–Kier alpha value is -1.94. The van der Waals surface area contributed by atoms with Crippen LogP contribution in [0.2, 0.25) is 0 Å². The van der Waals surface area contributed by atoms with E-state index in [1.54, 1.807) is 11.8 Å². The predicted octanol–water partition coefficient (Wildman–Crippen LogP) is -0.257. The van der Waals surface area contributed by atoms with Crippen molar-refractivity contribution in [2.24, 2.45) is 11.7 Å². The van der Waals surface area contributed by atoms with Crippen molar-refractivity contribution in [2.45, 2.75) is 25.3 Å².